The second kappa shape index (κ2) is 6.98. The van der Waals surface area contributed by atoms with Gasteiger partial charge in [-0.1, -0.05) is 18.2 Å². The summed E-state index contributed by atoms with van der Waals surface area (Å²) in [6.07, 6.45) is 3.42. The minimum atomic E-state index is -3.30. The molecule has 0 aliphatic carbocycles. The molecule has 2 aromatic carbocycles. The molecular formula is C18H19N3O3S. The molecule has 0 radical (unpaired) electrons. The number of carbonyl (C=O) groups is 1. The van der Waals surface area contributed by atoms with E-state index in [4.69, 9.17) is 0 Å². The van der Waals surface area contributed by atoms with Gasteiger partial charge in [-0.05, 0) is 41.8 Å². The number of aryl methyl sites for hydroxylation is 1. The predicted octanol–water partition coefficient (Wildman–Crippen LogP) is 3.04. The third-order valence-electron chi connectivity index (χ3n) is 3.73. The Morgan fingerprint density at radius 2 is 1.68 bits per heavy atom. The molecule has 0 atom stereocenters. The van der Waals surface area contributed by atoms with Gasteiger partial charge in [-0.2, -0.15) is 0 Å². The number of fused-ring (bicyclic) bond motifs is 1. The number of hydrogen-bond donors (Lipinski definition) is 2. The molecule has 0 aliphatic rings. The van der Waals surface area contributed by atoms with Crippen LogP contribution in [-0.4, -0.2) is 25.1 Å². The van der Waals surface area contributed by atoms with E-state index >= 15 is 0 Å². The van der Waals surface area contributed by atoms with Crippen LogP contribution in [0.25, 0.3) is 10.9 Å². The van der Waals surface area contributed by atoms with Crippen molar-refractivity contribution in [2.75, 3.05) is 16.3 Å². The van der Waals surface area contributed by atoms with Gasteiger partial charge < -0.3 is 9.88 Å². The molecular weight excluding hydrogens is 338 g/mol. The quantitative estimate of drug-likeness (QED) is 0.711. The summed E-state index contributed by atoms with van der Waals surface area (Å²) in [6.45, 7) is 0.590. The summed E-state index contributed by atoms with van der Waals surface area (Å²) in [5, 5.41) is 3.96. The largest absolute Gasteiger partial charge is 0.347 e. The van der Waals surface area contributed by atoms with Gasteiger partial charge in [0.1, 0.15) is 0 Å². The van der Waals surface area contributed by atoms with E-state index in [2.05, 4.69) is 10.0 Å². The maximum absolute atomic E-state index is 12.1. The number of aromatic nitrogens is 1. The van der Waals surface area contributed by atoms with Crippen molar-refractivity contribution in [2.45, 2.75) is 13.0 Å². The standard InChI is InChI=1S/C18H19N3O3S/c1-25(23,24)20-16-8-6-15(7-9-16)19-18(22)11-13-21-12-10-14-4-2-3-5-17(14)21/h2-10,12,20H,11,13H2,1H3,(H,19,22). The first-order valence-electron chi connectivity index (χ1n) is 7.82. The number of carbonyl (C=O) groups excluding carboxylic acids is 1. The number of para-hydroxylation sites is 1. The summed E-state index contributed by atoms with van der Waals surface area (Å²) in [5.41, 5.74) is 2.19. The van der Waals surface area contributed by atoms with Gasteiger partial charge in [-0.15, -0.1) is 0 Å². The molecule has 1 amide bonds. The Morgan fingerprint density at radius 1 is 1.00 bits per heavy atom. The summed E-state index contributed by atoms with van der Waals surface area (Å²) in [4.78, 5) is 12.1. The third-order valence-corrected chi connectivity index (χ3v) is 4.34. The van der Waals surface area contributed by atoms with Crippen molar-refractivity contribution in [3.05, 3.63) is 60.8 Å². The van der Waals surface area contributed by atoms with Gasteiger partial charge in [-0.25, -0.2) is 8.42 Å². The van der Waals surface area contributed by atoms with E-state index in [0.29, 0.717) is 24.3 Å². The first kappa shape index (κ1) is 17.0. The van der Waals surface area contributed by atoms with E-state index in [1.165, 1.54) is 0 Å². The lowest BCUT2D eigenvalue weighted by Gasteiger charge is -2.08. The fourth-order valence-electron chi connectivity index (χ4n) is 2.62. The molecule has 1 heterocycles. The van der Waals surface area contributed by atoms with Crippen molar-refractivity contribution < 1.29 is 13.2 Å². The second-order valence-electron chi connectivity index (χ2n) is 5.82. The lowest BCUT2D eigenvalue weighted by atomic mass is 10.2. The molecule has 7 heteroatoms. The molecule has 3 aromatic rings. The van der Waals surface area contributed by atoms with Crippen molar-refractivity contribution in [3.8, 4) is 0 Å². The van der Waals surface area contributed by atoms with E-state index in [1.807, 2.05) is 41.1 Å². The maximum atomic E-state index is 12.1. The van der Waals surface area contributed by atoms with E-state index in [1.54, 1.807) is 24.3 Å². The second-order valence-corrected chi connectivity index (χ2v) is 7.57. The van der Waals surface area contributed by atoms with E-state index in [0.717, 1.165) is 17.2 Å². The molecule has 3 rings (SSSR count). The number of benzene rings is 2. The fourth-order valence-corrected chi connectivity index (χ4v) is 3.18. The summed E-state index contributed by atoms with van der Waals surface area (Å²) >= 11 is 0. The van der Waals surface area contributed by atoms with Crippen LogP contribution in [0, 0.1) is 0 Å². The monoisotopic (exact) mass is 357 g/mol. The molecule has 25 heavy (non-hydrogen) atoms. The highest BCUT2D eigenvalue weighted by Gasteiger charge is 2.06. The number of amides is 1. The number of nitrogens with zero attached hydrogens (tertiary/aromatic N) is 1. The third kappa shape index (κ3) is 4.60. The number of hydrogen-bond acceptors (Lipinski definition) is 3. The molecule has 0 aliphatic heterocycles. The SMILES string of the molecule is CS(=O)(=O)Nc1ccc(NC(=O)CCn2ccc3ccccc32)cc1. The Balaban J connectivity index is 1.57. The van der Waals surface area contributed by atoms with Crippen LogP contribution in [0.2, 0.25) is 0 Å². The van der Waals surface area contributed by atoms with Gasteiger partial charge in [0.05, 0.1) is 6.26 Å². The topological polar surface area (TPSA) is 80.2 Å². The number of rotatable bonds is 6. The zero-order valence-corrected chi connectivity index (χ0v) is 14.6. The summed E-state index contributed by atoms with van der Waals surface area (Å²) in [5.74, 6) is -0.0957. The van der Waals surface area contributed by atoms with Gasteiger partial charge in [-0.3, -0.25) is 9.52 Å². The summed E-state index contributed by atoms with van der Waals surface area (Å²) in [6, 6.07) is 16.6. The lowest BCUT2D eigenvalue weighted by molar-refractivity contribution is -0.116. The van der Waals surface area contributed by atoms with Crippen molar-refractivity contribution in [2.24, 2.45) is 0 Å². The highest BCUT2D eigenvalue weighted by Crippen LogP contribution is 2.17. The van der Waals surface area contributed by atoms with Gasteiger partial charge in [0.15, 0.2) is 0 Å². The zero-order chi connectivity index (χ0) is 17.9. The Kier molecular flexibility index (Phi) is 4.76. The number of nitrogens with one attached hydrogen (secondary N) is 2. The molecule has 0 unspecified atom stereocenters. The molecule has 130 valence electrons. The van der Waals surface area contributed by atoms with Crippen LogP contribution < -0.4 is 10.0 Å². The summed E-state index contributed by atoms with van der Waals surface area (Å²) in [7, 11) is -3.30. The van der Waals surface area contributed by atoms with E-state index in [9.17, 15) is 13.2 Å². The normalized spacial score (nSPS) is 11.4. The average molecular weight is 357 g/mol. The van der Waals surface area contributed by atoms with Gasteiger partial charge in [0, 0.05) is 36.1 Å². The first-order valence-corrected chi connectivity index (χ1v) is 9.71. The molecule has 2 N–H and O–H groups in total. The molecule has 0 spiro atoms. The maximum Gasteiger partial charge on any atom is 0.229 e. The molecule has 0 saturated heterocycles. The van der Waals surface area contributed by atoms with Gasteiger partial charge in [0.25, 0.3) is 0 Å². The molecule has 0 fully saturated rings. The predicted molar refractivity (Wildman–Crippen MR) is 100 cm³/mol. The van der Waals surface area contributed by atoms with Crippen molar-refractivity contribution in [1.29, 1.82) is 0 Å². The van der Waals surface area contributed by atoms with E-state index < -0.39 is 10.0 Å². The van der Waals surface area contributed by atoms with Crippen LogP contribution in [0.15, 0.2) is 60.8 Å². The van der Waals surface area contributed by atoms with Gasteiger partial charge >= 0.3 is 0 Å². The smallest absolute Gasteiger partial charge is 0.229 e. The molecule has 0 bridgehead atoms. The molecule has 1 aromatic heterocycles. The van der Waals surface area contributed by atoms with Crippen LogP contribution in [0.1, 0.15) is 6.42 Å². The Morgan fingerprint density at radius 3 is 2.40 bits per heavy atom. The van der Waals surface area contributed by atoms with E-state index in [-0.39, 0.29) is 5.91 Å². The summed E-state index contributed by atoms with van der Waals surface area (Å²) < 4.78 is 26.8. The minimum Gasteiger partial charge on any atom is -0.347 e. The average Bonchev–Trinajstić information content (AvgIpc) is 2.97. The molecule has 0 saturated carbocycles. The van der Waals surface area contributed by atoms with Crippen molar-refractivity contribution in [3.63, 3.8) is 0 Å². The highest BCUT2D eigenvalue weighted by molar-refractivity contribution is 7.92. The van der Waals surface area contributed by atoms with Crippen molar-refractivity contribution in [1.82, 2.24) is 4.57 Å². The number of anilines is 2. The fraction of sp³-hybridized carbons (Fsp3) is 0.167. The Bertz CT molecular complexity index is 992. The Hall–Kier alpha value is -2.80. The highest BCUT2D eigenvalue weighted by atomic mass is 32.2. The van der Waals surface area contributed by atoms with Crippen LogP contribution >= 0.6 is 0 Å². The number of sulfonamides is 1. The lowest BCUT2D eigenvalue weighted by Crippen LogP contribution is -2.14. The van der Waals surface area contributed by atoms with Crippen LogP contribution in [0.5, 0.6) is 0 Å². The molecule has 6 nitrogen and oxygen atoms in total. The van der Waals surface area contributed by atoms with Crippen LogP contribution in [0.4, 0.5) is 11.4 Å². The zero-order valence-electron chi connectivity index (χ0n) is 13.8. The van der Waals surface area contributed by atoms with Crippen molar-refractivity contribution >= 4 is 38.2 Å². The minimum absolute atomic E-state index is 0.0957. The first-order chi connectivity index (χ1) is 11.9. The van der Waals surface area contributed by atoms with Crippen LogP contribution in [-0.2, 0) is 21.4 Å². The Labute approximate surface area is 146 Å². The van der Waals surface area contributed by atoms with Crippen LogP contribution in [0.3, 0.4) is 0 Å². The van der Waals surface area contributed by atoms with Gasteiger partial charge in [0.2, 0.25) is 15.9 Å².